The Hall–Kier alpha value is -0.600. The van der Waals surface area contributed by atoms with Crippen LogP contribution in [0.3, 0.4) is 0 Å². The summed E-state index contributed by atoms with van der Waals surface area (Å²) < 4.78 is 5.31. The van der Waals surface area contributed by atoms with Crippen LogP contribution in [0.25, 0.3) is 0 Å². The van der Waals surface area contributed by atoms with Crippen LogP contribution in [0.4, 0.5) is 0 Å². The van der Waals surface area contributed by atoms with Crippen molar-refractivity contribution >= 4 is 41.3 Å². The molecule has 1 aromatic heterocycles. The maximum absolute atomic E-state index is 5.31. The Morgan fingerprint density at radius 3 is 3.00 bits per heavy atom. The third-order valence-electron chi connectivity index (χ3n) is 3.34. The van der Waals surface area contributed by atoms with Gasteiger partial charge in [-0.25, -0.2) is 0 Å². The van der Waals surface area contributed by atoms with E-state index in [1.165, 1.54) is 10.5 Å². The summed E-state index contributed by atoms with van der Waals surface area (Å²) in [6, 6.07) is 4.50. The number of halogens is 1. The van der Waals surface area contributed by atoms with Crippen molar-refractivity contribution in [3.63, 3.8) is 0 Å². The monoisotopic (exact) mass is 421 g/mol. The summed E-state index contributed by atoms with van der Waals surface area (Å²) in [5, 5.41) is 8.88. The second-order valence-corrected chi connectivity index (χ2v) is 5.80. The molecule has 1 atom stereocenters. The number of rotatable bonds is 5. The van der Waals surface area contributed by atoms with Gasteiger partial charge in [-0.3, -0.25) is 4.99 Å². The molecular weight excluding hydrogens is 397 g/mol. The molecule has 0 aliphatic carbocycles. The van der Waals surface area contributed by atoms with Crippen molar-refractivity contribution < 1.29 is 4.74 Å². The van der Waals surface area contributed by atoms with Crippen molar-refractivity contribution in [3.8, 4) is 0 Å². The average molecular weight is 421 g/mol. The molecule has 0 bridgehead atoms. The zero-order chi connectivity index (χ0) is 14.2. The lowest BCUT2D eigenvalue weighted by Gasteiger charge is -2.18. The quantitative estimate of drug-likeness (QED) is 0.332. The molecule has 4 nitrogen and oxygen atoms in total. The van der Waals surface area contributed by atoms with Crippen LogP contribution in [0.2, 0.25) is 0 Å². The minimum atomic E-state index is 0. The van der Waals surface area contributed by atoms with Crippen LogP contribution in [0, 0.1) is 0 Å². The highest BCUT2D eigenvalue weighted by atomic mass is 127. The summed E-state index contributed by atoms with van der Waals surface area (Å²) in [4.78, 5) is 5.59. The van der Waals surface area contributed by atoms with Crippen LogP contribution in [-0.4, -0.2) is 32.8 Å². The number of ether oxygens (including phenoxy) is 1. The van der Waals surface area contributed by atoms with Crippen LogP contribution >= 0.6 is 35.3 Å². The number of guanidine groups is 1. The van der Waals surface area contributed by atoms with Gasteiger partial charge in [0.2, 0.25) is 0 Å². The Labute approximate surface area is 148 Å². The van der Waals surface area contributed by atoms with Gasteiger partial charge in [0, 0.05) is 18.5 Å². The Morgan fingerprint density at radius 1 is 1.52 bits per heavy atom. The van der Waals surface area contributed by atoms with Gasteiger partial charge in [-0.15, -0.1) is 35.3 Å². The van der Waals surface area contributed by atoms with Crippen molar-refractivity contribution in [2.45, 2.75) is 25.8 Å². The molecular formula is C15H24IN3OS. The van der Waals surface area contributed by atoms with Gasteiger partial charge in [0.1, 0.15) is 0 Å². The van der Waals surface area contributed by atoms with Crippen molar-refractivity contribution in [1.29, 1.82) is 0 Å². The predicted molar refractivity (Wildman–Crippen MR) is 101 cm³/mol. The van der Waals surface area contributed by atoms with E-state index in [1.807, 2.05) is 7.05 Å². The van der Waals surface area contributed by atoms with Gasteiger partial charge in [-0.1, -0.05) is 17.7 Å². The second-order valence-electron chi connectivity index (χ2n) is 4.82. The Balaban J connectivity index is 0.00000220. The highest BCUT2D eigenvalue weighted by molar-refractivity contribution is 14.0. The van der Waals surface area contributed by atoms with Crippen LogP contribution in [-0.2, 0) is 4.74 Å². The number of aliphatic imine (C=N–C) groups is 1. The zero-order valence-corrected chi connectivity index (χ0v) is 15.7. The van der Waals surface area contributed by atoms with Gasteiger partial charge in [0.05, 0.1) is 19.3 Å². The van der Waals surface area contributed by atoms with Gasteiger partial charge < -0.3 is 15.4 Å². The number of hydrogen-bond donors (Lipinski definition) is 2. The first-order valence-corrected chi connectivity index (χ1v) is 7.94. The van der Waals surface area contributed by atoms with E-state index in [4.69, 9.17) is 4.74 Å². The van der Waals surface area contributed by atoms with E-state index < -0.39 is 0 Å². The highest BCUT2D eigenvalue weighted by Crippen LogP contribution is 2.17. The van der Waals surface area contributed by atoms with E-state index in [-0.39, 0.29) is 30.0 Å². The van der Waals surface area contributed by atoms with Crippen LogP contribution in [0.5, 0.6) is 0 Å². The summed E-state index contributed by atoms with van der Waals surface area (Å²) in [7, 11) is 1.81. The summed E-state index contributed by atoms with van der Waals surface area (Å²) >= 11 is 1.76. The molecule has 0 aromatic carbocycles. The van der Waals surface area contributed by atoms with Gasteiger partial charge in [-0.05, 0) is 31.2 Å². The number of thiophene rings is 1. The summed E-state index contributed by atoms with van der Waals surface area (Å²) in [6.45, 7) is 4.67. The van der Waals surface area contributed by atoms with Crippen molar-refractivity contribution in [2.24, 2.45) is 4.99 Å². The zero-order valence-electron chi connectivity index (χ0n) is 12.6. The number of nitrogens with zero attached hydrogens (tertiary/aromatic N) is 1. The van der Waals surface area contributed by atoms with Crippen molar-refractivity contribution in [2.75, 3.05) is 26.8 Å². The standard InChI is InChI=1S/C15H23N3OS.HI/c1-12(14-4-3-11-20-14)18-15(16-2)17-8-5-13-6-9-19-10-7-13;/h3-4,6,11-12H,5,7-10H2,1-2H3,(H2,16,17,18);1H. The van der Waals surface area contributed by atoms with E-state index >= 15 is 0 Å². The molecule has 1 aliphatic rings. The SMILES string of the molecule is CN=C(NCCC1=CCOCC1)NC(C)c1cccs1.I. The largest absolute Gasteiger partial charge is 0.377 e. The minimum Gasteiger partial charge on any atom is -0.377 e. The van der Waals surface area contributed by atoms with Crippen LogP contribution < -0.4 is 10.6 Å². The van der Waals surface area contributed by atoms with Gasteiger partial charge >= 0.3 is 0 Å². The molecule has 1 aromatic rings. The minimum absolute atomic E-state index is 0. The molecule has 21 heavy (non-hydrogen) atoms. The third kappa shape index (κ3) is 6.36. The average Bonchev–Trinajstić information content (AvgIpc) is 3.01. The fraction of sp³-hybridized carbons (Fsp3) is 0.533. The topological polar surface area (TPSA) is 45.7 Å². The molecule has 0 radical (unpaired) electrons. The molecule has 0 saturated carbocycles. The predicted octanol–water partition coefficient (Wildman–Crippen LogP) is 3.33. The maximum atomic E-state index is 5.31. The fourth-order valence-corrected chi connectivity index (χ4v) is 2.88. The number of nitrogens with one attached hydrogen (secondary N) is 2. The van der Waals surface area contributed by atoms with Crippen LogP contribution in [0.15, 0.2) is 34.2 Å². The summed E-state index contributed by atoms with van der Waals surface area (Å²) in [5.41, 5.74) is 1.48. The lowest BCUT2D eigenvalue weighted by atomic mass is 10.1. The fourth-order valence-electron chi connectivity index (χ4n) is 2.14. The highest BCUT2D eigenvalue weighted by Gasteiger charge is 2.09. The van der Waals surface area contributed by atoms with Crippen LogP contribution in [0.1, 0.15) is 30.7 Å². The van der Waals surface area contributed by atoms with E-state index in [2.05, 4.69) is 46.1 Å². The lowest BCUT2D eigenvalue weighted by Crippen LogP contribution is -2.39. The van der Waals surface area contributed by atoms with E-state index in [9.17, 15) is 0 Å². The molecule has 6 heteroatoms. The Morgan fingerprint density at radius 2 is 2.38 bits per heavy atom. The first kappa shape index (κ1) is 18.4. The van der Waals surface area contributed by atoms with E-state index in [1.54, 1.807) is 11.3 Å². The Kier molecular flexibility index (Phi) is 8.94. The van der Waals surface area contributed by atoms with E-state index in [0.717, 1.165) is 38.6 Å². The molecule has 2 N–H and O–H groups in total. The normalized spacial score (nSPS) is 16.7. The first-order valence-electron chi connectivity index (χ1n) is 7.06. The first-order chi connectivity index (χ1) is 9.79. The molecule has 0 spiro atoms. The maximum Gasteiger partial charge on any atom is 0.191 e. The molecule has 2 heterocycles. The molecule has 1 unspecified atom stereocenters. The van der Waals surface area contributed by atoms with Gasteiger partial charge in [0.15, 0.2) is 5.96 Å². The third-order valence-corrected chi connectivity index (χ3v) is 4.40. The second kappa shape index (κ2) is 10.2. The summed E-state index contributed by atoms with van der Waals surface area (Å²) in [5.74, 6) is 0.860. The molecule has 118 valence electrons. The Bertz CT molecular complexity index is 459. The summed E-state index contributed by atoms with van der Waals surface area (Å²) in [6.07, 6.45) is 4.30. The lowest BCUT2D eigenvalue weighted by molar-refractivity contribution is 0.153. The van der Waals surface area contributed by atoms with Gasteiger partial charge in [0.25, 0.3) is 0 Å². The van der Waals surface area contributed by atoms with Crippen molar-refractivity contribution in [1.82, 2.24) is 10.6 Å². The molecule has 0 amide bonds. The smallest absolute Gasteiger partial charge is 0.191 e. The molecule has 2 rings (SSSR count). The molecule has 0 saturated heterocycles. The van der Waals surface area contributed by atoms with E-state index in [0.29, 0.717) is 0 Å². The molecule has 1 aliphatic heterocycles. The van der Waals surface area contributed by atoms with Crippen molar-refractivity contribution in [3.05, 3.63) is 34.0 Å². The molecule has 0 fully saturated rings. The number of hydrogen-bond acceptors (Lipinski definition) is 3. The van der Waals surface area contributed by atoms with Gasteiger partial charge in [-0.2, -0.15) is 0 Å².